The van der Waals surface area contributed by atoms with Crippen LogP contribution in [0.15, 0.2) is 87.2 Å². The molecule has 0 aliphatic rings. The summed E-state index contributed by atoms with van der Waals surface area (Å²) in [6.07, 6.45) is 0. The summed E-state index contributed by atoms with van der Waals surface area (Å²) in [7, 11) is -2.54. The summed E-state index contributed by atoms with van der Waals surface area (Å²) < 4.78 is 36.6. The Morgan fingerprint density at radius 1 is 1.03 bits per heavy atom. The molecule has 0 unspecified atom stereocenters. The first-order chi connectivity index (χ1) is 16.3. The smallest absolute Gasteiger partial charge is 0.276 e. The van der Waals surface area contributed by atoms with Crippen LogP contribution < -0.4 is 20.4 Å². The van der Waals surface area contributed by atoms with Crippen LogP contribution in [0.2, 0.25) is 5.02 Å². The van der Waals surface area contributed by atoms with Gasteiger partial charge in [0.2, 0.25) is 5.55 Å². The number of carbonyl (C=O) groups excluding carboxylic acids is 1. The van der Waals surface area contributed by atoms with Gasteiger partial charge in [-0.1, -0.05) is 47.5 Å². The first-order valence-electron chi connectivity index (χ1n) is 10.1. The van der Waals surface area contributed by atoms with Gasteiger partial charge in [-0.2, -0.15) is 13.2 Å². The molecule has 0 bridgehead atoms. The molecule has 0 aliphatic carbocycles. The van der Waals surface area contributed by atoms with Crippen molar-refractivity contribution in [2.24, 2.45) is 5.10 Å². The molecule has 2 N–H and O–H groups in total. The Hall–Kier alpha value is -3.82. The van der Waals surface area contributed by atoms with Crippen molar-refractivity contribution in [3.63, 3.8) is 0 Å². The van der Waals surface area contributed by atoms with Gasteiger partial charge in [-0.05, 0) is 49.4 Å². The average Bonchev–Trinajstić information content (AvgIpc) is 2.82. The summed E-state index contributed by atoms with van der Waals surface area (Å²) in [5.74, 6) is -0.166. The maximum atomic E-state index is 13.1. The molecule has 1 heterocycles. The number of carbonyl (C=O) groups is 1. The third-order valence-electron chi connectivity index (χ3n) is 4.88. The second-order valence-corrected chi connectivity index (χ2v) is 9.43. The second kappa shape index (κ2) is 9.58. The molecule has 0 fully saturated rings. The second-order valence-electron chi connectivity index (χ2n) is 7.33. The molecule has 0 radical (unpaired) electrons. The van der Waals surface area contributed by atoms with Crippen LogP contribution in [0.4, 0.5) is 5.69 Å². The first kappa shape index (κ1) is 23.3. The Labute approximate surface area is 200 Å². The minimum absolute atomic E-state index is 0.00679. The van der Waals surface area contributed by atoms with Crippen molar-refractivity contribution in [2.75, 3.05) is 12.4 Å². The fourth-order valence-electron chi connectivity index (χ4n) is 3.17. The molecule has 174 valence electrons. The van der Waals surface area contributed by atoms with E-state index in [0.717, 1.165) is 5.56 Å². The number of anilines is 1. The summed E-state index contributed by atoms with van der Waals surface area (Å²) in [4.78, 5) is 15.3. The van der Waals surface area contributed by atoms with Crippen LogP contribution in [0.25, 0.3) is 11.0 Å². The number of fused-ring (bicyclic) bond motifs is 1. The van der Waals surface area contributed by atoms with E-state index in [9.17, 15) is 13.2 Å². The van der Waals surface area contributed by atoms with E-state index in [1.54, 1.807) is 60.7 Å². The molecule has 1 aromatic heterocycles. The summed E-state index contributed by atoms with van der Waals surface area (Å²) in [6, 6.07) is 19.6. The Morgan fingerprint density at radius 3 is 2.47 bits per heavy atom. The number of methoxy groups -OCH3 is 1. The van der Waals surface area contributed by atoms with Crippen LogP contribution in [-0.2, 0) is 10.0 Å². The van der Waals surface area contributed by atoms with Gasteiger partial charge in [0, 0.05) is 16.1 Å². The van der Waals surface area contributed by atoms with Crippen LogP contribution in [0.3, 0.4) is 0 Å². The molecule has 10 heteroatoms. The number of sulfonamides is 1. The van der Waals surface area contributed by atoms with Crippen LogP contribution >= 0.6 is 11.6 Å². The fraction of sp³-hybridized carbons (Fsp3) is 0.0833. The number of hydrogen-bond donors (Lipinski definition) is 2. The Morgan fingerprint density at radius 2 is 1.76 bits per heavy atom. The molecular formula is C24H20ClN3O5S. The molecule has 0 spiro atoms. The first-order valence-corrected chi connectivity index (χ1v) is 11.9. The van der Waals surface area contributed by atoms with Gasteiger partial charge in [0.05, 0.1) is 12.0 Å². The summed E-state index contributed by atoms with van der Waals surface area (Å²) in [6.45, 7) is 1.85. The largest absolute Gasteiger partial charge is 0.493 e. The maximum Gasteiger partial charge on any atom is 0.276 e. The van der Waals surface area contributed by atoms with E-state index in [4.69, 9.17) is 20.8 Å². The number of benzene rings is 3. The predicted octanol–water partition coefficient (Wildman–Crippen LogP) is 4.45. The molecule has 0 aliphatic heterocycles. The van der Waals surface area contributed by atoms with Crippen molar-refractivity contribution in [3.05, 3.63) is 94.5 Å². The molecule has 1 amide bonds. The van der Waals surface area contributed by atoms with Gasteiger partial charge in [0.15, 0.2) is 11.3 Å². The lowest BCUT2D eigenvalue weighted by Crippen LogP contribution is -2.27. The molecule has 4 rings (SSSR count). The van der Waals surface area contributed by atoms with Crippen molar-refractivity contribution in [3.8, 4) is 5.75 Å². The van der Waals surface area contributed by atoms with Crippen LogP contribution in [0, 0.1) is 6.92 Å². The van der Waals surface area contributed by atoms with Crippen LogP contribution in [-0.4, -0.2) is 21.4 Å². The predicted molar refractivity (Wildman–Crippen MR) is 129 cm³/mol. The van der Waals surface area contributed by atoms with E-state index in [1.807, 2.05) is 6.92 Å². The number of rotatable bonds is 6. The van der Waals surface area contributed by atoms with E-state index in [2.05, 4.69) is 15.2 Å². The van der Waals surface area contributed by atoms with Crippen LogP contribution in [0.5, 0.6) is 5.75 Å². The lowest BCUT2D eigenvalue weighted by molar-refractivity contribution is 0.102. The number of amides is 1. The van der Waals surface area contributed by atoms with E-state index in [0.29, 0.717) is 27.4 Å². The molecule has 3 aromatic carbocycles. The average molecular weight is 498 g/mol. The van der Waals surface area contributed by atoms with Crippen molar-refractivity contribution in [2.45, 2.75) is 11.8 Å². The standard InChI is InChI=1S/C24H20ClN3O5S/c1-15-9-11-19(12-10-15)34(30,31)28-27-24-20(23(29)26-18-7-4-6-17(25)14-18)13-16-5-3-8-21(32-2)22(16)33-24/h3-14,28H,1-2H3,(H,26,29)/b27-24-. The number of para-hydroxylation sites is 1. The zero-order chi connectivity index (χ0) is 24.3. The Kier molecular flexibility index (Phi) is 6.58. The lowest BCUT2D eigenvalue weighted by atomic mass is 10.1. The highest BCUT2D eigenvalue weighted by atomic mass is 35.5. The van der Waals surface area contributed by atoms with E-state index < -0.39 is 15.9 Å². The van der Waals surface area contributed by atoms with Crippen molar-refractivity contribution in [1.82, 2.24) is 4.83 Å². The number of aryl methyl sites for hydroxylation is 1. The van der Waals surface area contributed by atoms with Crippen molar-refractivity contribution < 1.29 is 22.4 Å². The third-order valence-corrected chi connectivity index (χ3v) is 6.34. The van der Waals surface area contributed by atoms with Crippen molar-refractivity contribution in [1.29, 1.82) is 0 Å². The van der Waals surface area contributed by atoms with Gasteiger partial charge in [0.1, 0.15) is 5.56 Å². The van der Waals surface area contributed by atoms with Gasteiger partial charge in [-0.25, -0.2) is 0 Å². The minimum atomic E-state index is -4.01. The monoisotopic (exact) mass is 497 g/mol. The highest BCUT2D eigenvalue weighted by Gasteiger charge is 2.17. The minimum Gasteiger partial charge on any atom is -0.493 e. The zero-order valence-corrected chi connectivity index (χ0v) is 19.8. The van der Waals surface area contributed by atoms with Gasteiger partial charge >= 0.3 is 0 Å². The summed E-state index contributed by atoms with van der Waals surface area (Å²) in [5.41, 5.74) is 1.43. The molecule has 8 nitrogen and oxygen atoms in total. The highest BCUT2D eigenvalue weighted by Crippen LogP contribution is 2.25. The van der Waals surface area contributed by atoms with E-state index >= 15 is 0 Å². The summed E-state index contributed by atoms with van der Waals surface area (Å²) >= 11 is 6.01. The fourth-order valence-corrected chi connectivity index (χ4v) is 4.16. The number of halogens is 1. The Balaban J connectivity index is 1.80. The lowest BCUT2D eigenvalue weighted by Gasteiger charge is -2.09. The molecular weight excluding hydrogens is 478 g/mol. The van der Waals surface area contributed by atoms with E-state index in [-0.39, 0.29) is 16.0 Å². The van der Waals surface area contributed by atoms with Crippen molar-refractivity contribution >= 4 is 44.2 Å². The van der Waals surface area contributed by atoms with Gasteiger partial charge in [-0.3, -0.25) is 4.79 Å². The molecule has 4 aromatic rings. The van der Waals surface area contributed by atoms with Gasteiger partial charge < -0.3 is 14.5 Å². The van der Waals surface area contributed by atoms with Gasteiger partial charge in [-0.15, -0.1) is 5.10 Å². The number of nitrogens with zero attached hydrogens (tertiary/aromatic N) is 1. The van der Waals surface area contributed by atoms with Crippen LogP contribution in [0.1, 0.15) is 15.9 Å². The van der Waals surface area contributed by atoms with Gasteiger partial charge in [0.25, 0.3) is 15.9 Å². The zero-order valence-electron chi connectivity index (χ0n) is 18.2. The third kappa shape index (κ3) is 5.05. The summed E-state index contributed by atoms with van der Waals surface area (Å²) in [5, 5.41) is 7.66. The highest BCUT2D eigenvalue weighted by molar-refractivity contribution is 7.89. The Bertz CT molecular complexity index is 1550. The maximum absolute atomic E-state index is 13.1. The molecule has 0 saturated carbocycles. The topological polar surface area (TPSA) is 110 Å². The quantitative estimate of drug-likeness (QED) is 0.382. The number of ether oxygens (including phenoxy) is 1. The molecule has 0 atom stereocenters. The normalized spacial score (nSPS) is 11.9. The number of nitrogens with one attached hydrogen (secondary N) is 2. The molecule has 0 saturated heterocycles. The SMILES string of the molecule is COc1cccc2cc(C(=O)Nc3cccc(Cl)c3)/c(=N/NS(=O)(=O)c3ccc(C)cc3)oc12. The van der Waals surface area contributed by atoms with E-state index in [1.165, 1.54) is 19.2 Å². The molecule has 34 heavy (non-hydrogen) atoms. The number of hydrogen-bond acceptors (Lipinski definition) is 6.